The smallest absolute Gasteiger partial charge is 0.133 e. The molecule has 0 amide bonds. The summed E-state index contributed by atoms with van der Waals surface area (Å²) in [5.74, 6) is 1.46. The lowest BCUT2D eigenvalue weighted by Crippen LogP contribution is -2.10. The van der Waals surface area contributed by atoms with Crippen molar-refractivity contribution >= 4 is 11.8 Å². The summed E-state index contributed by atoms with van der Waals surface area (Å²) < 4.78 is 14.0. The third-order valence-corrected chi connectivity index (χ3v) is 5.60. The predicted octanol–water partition coefficient (Wildman–Crippen LogP) is 7.29. The van der Waals surface area contributed by atoms with E-state index in [4.69, 9.17) is 5.26 Å². The molecule has 0 spiro atoms. The highest BCUT2D eigenvalue weighted by atomic mass is 32.2. The average molecular weight is 342 g/mol. The summed E-state index contributed by atoms with van der Waals surface area (Å²) in [5.41, 5.74) is 0. The van der Waals surface area contributed by atoms with E-state index in [0.29, 0.717) is 18.8 Å². The molecule has 0 radical (unpaired) electrons. The molecule has 0 aliphatic heterocycles. The Kier molecular flexibility index (Phi) is 14.7. The number of hydrogen-bond donors (Lipinski definition) is 0. The maximum absolute atomic E-state index is 14.0. The Morgan fingerprint density at radius 1 is 1.09 bits per heavy atom. The summed E-state index contributed by atoms with van der Waals surface area (Å²) in [6, 6.07) is 0. The number of thioether (sulfide) groups is 1. The molecule has 0 saturated carbocycles. The number of rotatable bonds is 14. The summed E-state index contributed by atoms with van der Waals surface area (Å²) in [5, 5.41) is 10.9. The fourth-order valence-corrected chi connectivity index (χ4v) is 3.37. The molecule has 0 N–H and O–H groups in total. The van der Waals surface area contributed by atoms with E-state index in [1.54, 1.807) is 0 Å². The second-order valence-electron chi connectivity index (χ2n) is 6.72. The summed E-state index contributed by atoms with van der Waals surface area (Å²) >= 11 is 1.21. The third kappa shape index (κ3) is 12.6. The molecule has 1 nitrogen and oxygen atoms in total. The van der Waals surface area contributed by atoms with Crippen LogP contribution in [0.25, 0.3) is 0 Å². The van der Waals surface area contributed by atoms with Crippen LogP contribution in [-0.2, 0) is 0 Å². The van der Waals surface area contributed by atoms with Crippen LogP contribution in [-0.4, -0.2) is 11.4 Å². The van der Waals surface area contributed by atoms with Crippen LogP contribution in [0.2, 0.25) is 0 Å². The van der Waals surface area contributed by atoms with Crippen LogP contribution in [0.15, 0.2) is 12.2 Å². The van der Waals surface area contributed by atoms with Crippen molar-refractivity contribution in [1.29, 1.82) is 5.26 Å². The normalized spacial score (nSPS) is 16.9. The lowest BCUT2D eigenvalue weighted by Gasteiger charge is -2.15. The second-order valence-corrected chi connectivity index (χ2v) is 7.80. The molecule has 23 heavy (non-hydrogen) atoms. The summed E-state index contributed by atoms with van der Waals surface area (Å²) in [4.78, 5) is 0. The molecule has 0 aromatic carbocycles. The van der Waals surface area contributed by atoms with Gasteiger partial charge in [0.2, 0.25) is 0 Å². The van der Waals surface area contributed by atoms with Crippen molar-refractivity contribution in [3.05, 3.63) is 12.2 Å². The van der Waals surface area contributed by atoms with Gasteiger partial charge in [-0.2, -0.15) is 5.26 Å². The number of nitrogens with zero attached hydrogens (tertiary/aromatic N) is 1. The van der Waals surface area contributed by atoms with Gasteiger partial charge < -0.3 is 0 Å². The van der Waals surface area contributed by atoms with Crippen LogP contribution in [0.5, 0.6) is 0 Å². The van der Waals surface area contributed by atoms with Crippen molar-refractivity contribution in [3.63, 3.8) is 0 Å². The minimum absolute atomic E-state index is 0.141. The van der Waals surface area contributed by atoms with Gasteiger partial charge in [0.05, 0.1) is 0 Å². The van der Waals surface area contributed by atoms with Crippen molar-refractivity contribution in [2.75, 3.05) is 0 Å². The molecule has 0 saturated heterocycles. The SMILES string of the molecule is CCCC(C=CCCC(F)CC(CC)SC#N)CCC(C)CC. The van der Waals surface area contributed by atoms with Crippen LogP contribution in [0.4, 0.5) is 4.39 Å². The second kappa shape index (κ2) is 15.1. The molecule has 0 aliphatic rings. The van der Waals surface area contributed by atoms with Gasteiger partial charge >= 0.3 is 0 Å². The standard InChI is InChI=1S/C20H36FNS/c1-5-10-18(14-13-17(4)6-2)11-8-9-12-19(21)15-20(7-3)23-16-22/h8,11,17-20H,5-7,9-10,12-15H2,1-4H3. The van der Waals surface area contributed by atoms with Gasteiger partial charge in [-0.25, -0.2) is 4.39 Å². The predicted molar refractivity (Wildman–Crippen MR) is 102 cm³/mol. The molecule has 0 heterocycles. The number of alkyl halides is 1. The van der Waals surface area contributed by atoms with E-state index in [1.165, 1.54) is 43.9 Å². The maximum atomic E-state index is 14.0. The Balaban J connectivity index is 4.08. The first-order valence-corrected chi connectivity index (χ1v) is 10.3. The Hall–Kier alpha value is -0.490. The van der Waals surface area contributed by atoms with E-state index in [9.17, 15) is 4.39 Å². The van der Waals surface area contributed by atoms with Crippen LogP contribution < -0.4 is 0 Å². The largest absolute Gasteiger partial charge is 0.247 e. The van der Waals surface area contributed by atoms with Gasteiger partial charge in [-0.05, 0) is 62.1 Å². The van der Waals surface area contributed by atoms with Crippen LogP contribution in [0, 0.1) is 22.5 Å². The monoisotopic (exact) mass is 341 g/mol. The van der Waals surface area contributed by atoms with E-state index in [1.807, 2.05) is 6.92 Å². The van der Waals surface area contributed by atoms with Gasteiger partial charge in [-0.3, -0.25) is 0 Å². The van der Waals surface area contributed by atoms with Gasteiger partial charge in [0.25, 0.3) is 0 Å². The molecular weight excluding hydrogens is 305 g/mol. The van der Waals surface area contributed by atoms with Crippen LogP contribution >= 0.6 is 11.8 Å². The Bertz CT molecular complexity index is 337. The maximum Gasteiger partial charge on any atom is 0.133 e. The molecule has 0 aliphatic carbocycles. The molecule has 134 valence electrons. The zero-order valence-corrected chi connectivity index (χ0v) is 16.4. The van der Waals surface area contributed by atoms with E-state index >= 15 is 0 Å². The molecule has 3 heteroatoms. The van der Waals surface area contributed by atoms with Crippen LogP contribution in [0.3, 0.4) is 0 Å². The van der Waals surface area contributed by atoms with Gasteiger partial charge in [-0.1, -0.05) is 59.1 Å². The van der Waals surface area contributed by atoms with Crippen molar-refractivity contribution in [2.45, 2.75) is 96.9 Å². The van der Waals surface area contributed by atoms with Gasteiger partial charge in [0.15, 0.2) is 0 Å². The summed E-state index contributed by atoms with van der Waals surface area (Å²) in [7, 11) is 0. The highest BCUT2D eigenvalue weighted by Crippen LogP contribution is 2.23. The number of hydrogen-bond acceptors (Lipinski definition) is 2. The number of allylic oxidation sites excluding steroid dienone is 2. The van der Waals surface area contributed by atoms with Crippen molar-refractivity contribution < 1.29 is 4.39 Å². The lowest BCUT2D eigenvalue weighted by molar-refractivity contribution is 0.294. The molecule has 0 rings (SSSR count). The van der Waals surface area contributed by atoms with Gasteiger partial charge in [0.1, 0.15) is 11.6 Å². The molecule has 0 aromatic rings. The number of nitriles is 1. The van der Waals surface area contributed by atoms with E-state index in [0.717, 1.165) is 18.8 Å². The molecular formula is C20H36FNS. The molecule has 0 fully saturated rings. The average Bonchev–Trinajstić information content (AvgIpc) is 2.55. The van der Waals surface area contributed by atoms with Gasteiger partial charge in [-0.15, -0.1) is 0 Å². The van der Waals surface area contributed by atoms with Crippen LogP contribution in [0.1, 0.15) is 85.5 Å². The van der Waals surface area contributed by atoms with E-state index < -0.39 is 6.17 Å². The zero-order chi connectivity index (χ0) is 17.5. The summed E-state index contributed by atoms with van der Waals surface area (Å²) in [6.07, 6.45) is 12.8. The first-order chi connectivity index (χ1) is 11.1. The fraction of sp³-hybridized carbons (Fsp3) is 0.850. The topological polar surface area (TPSA) is 23.8 Å². The zero-order valence-electron chi connectivity index (χ0n) is 15.6. The fourth-order valence-electron chi connectivity index (χ4n) is 2.75. The number of halogens is 1. The molecule has 0 aromatic heterocycles. The van der Waals surface area contributed by atoms with E-state index in [-0.39, 0.29) is 5.25 Å². The Labute approximate surface area is 148 Å². The first-order valence-electron chi connectivity index (χ1n) is 9.42. The Morgan fingerprint density at radius 2 is 1.83 bits per heavy atom. The quantitative estimate of drug-likeness (QED) is 0.245. The minimum atomic E-state index is -0.782. The molecule has 0 bridgehead atoms. The lowest BCUT2D eigenvalue weighted by atomic mass is 9.92. The highest BCUT2D eigenvalue weighted by molar-refractivity contribution is 8.04. The molecule has 4 unspecified atom stereocenters. The Morgan fingerprint density at radius 3 is 2.39 bits per heavy atom. The highest BCUT2D eigenvalue weighted by Gasteiger charge is 2.14. The third-order valence-electron chi connectivity index (χ3n) is 4.63. The van der Waals surface area contributed by atoms with E-state index in [2.05, 4.69) is 38.3 Å². The summed E-state index contributed by atoms with van der Waals surface area (Å²) in [6.45, 7) is 8.84. The molecule has 4 atom stereocenters. The van der Waals surface area contributed by atoms with Crippen molar-refractivity contribution in [2.24, 2.45) is 11.8 Å². The van der Waals surface area contributed by atoms with Gasteiger partial charge in [0, 0.05) is 5.25 Å². The first kappa shape index (κ1) is 22.5. The van der Waals surface area contributed by atoms with Crippen molar-refractivity contribution in [1.82, 2.24) is 0 Å². The minimum Gasteiger partial charge on any atom is -0.247 e. The van der Waals surface area contributed by atoms with Crippen molar-refractivity contribution in [3.8, 4) is 5.40 Å². The number of thiocyanates is 1.